The van der Waals surface area contributed by atoms with Crippen molar-refractivity contribution < 1.29 is 17.5 Å². The van der Waals surface area contributed by atoms with Gasteiger partial charge in [-0.3, -0.25) is 9.11 Å². The van der Waals surface area contributed by atoms with E-state index in [9.17, 15) is 0 Å². The SMILES string of the molecule is O=S(=O)(O)O.[BaH2].[NaH]. The van der Waals surface area contributed by atoms with Crippen LogP contribution in [0.1, 0.15) is 0 Å². The summed E-state index contributed by atoms with van der Waals surface area (Å²) in [6.07, 6.45) is 0. The molecule has 0 saturated heterocycles. The minimum absolute atomic E-state index is 0. The monoisotopic (exact) mass is 262 g/mol. The zero-order valence-corrected chi connectivity index (χ0v) is 2.94. The molecule has 0 saturated carbocycles. The van der Waals surface area contributed by atoms with Crippen LogP contribution in [0.25, 0.3) is 0 Å². The summed E-state index contributed by atoms with van der Waals surface area (Å²) < 4.78 is 31.6. The molecule has 4 nitrogen and oxygen atoms in total. The molecule has 0 aliphatic carbocycles. The maximum atomic E-state index is 8.74. The summed E-state index contributed by atoms with van der Waals surface area (Å²) in [4.78, 5) is 0. The van der Waals surface area contributed by atoms with Crippen molar-refractivity contribution in [3.63, 3.8) is 0 Å². The first kappa shape index (κ1) is 16.2. The fourth-order valence-corrected chi connectivity index (χ4v) is 0. The molecule has 0 atom stereocenters. The van der Waals surface area contributed by atoms with Gasteiger partial charge in [0.2, 0.25) is 0 Å². The zero-order chi connectivity index (χ0) is 4.50. The second-order valence-electron chi connectivity index (χ2n) is 0.448. The van der Waals surface area contributed by atoms with Gasteiger partial charge in [-0.05, 0) is 0 Å². The van der Waals surface area contributed by atoms with Gasteiger partial charge in [-0.2, -0.15) is 8.42 Å². The van der Waals surface area contributed by atoms with Crippen LogP contribution < -0.4 is 0 Å². The normalized spacial score (nSPS) is 8.29. The van der Waals surface area contributed by atoms with Crippen LogP contribution in [0.3, 0.4) is 0 Å². The van der Waals surface area contributed by atoms with E-state index in [4.69, 9.17) is 17.5 Å². The van der Waals surface area contributed by atoms with E-state index in [-0.39, 0.29) is 78.4 Å². The van der Waals surface area contributed by atoms with Crippen molar-refractivity contribution in [2.75, 3.05) is 0 Å². The van der Waals surface area contributed by atoms with E-state index in [1.165, 1.54) is 0 Å². The zero-order valence-electron chi connectivity index (χ0n) is 2.12. The number of rotatable bonds is 0. The van der Waals surface area contributed by atoms with E-state index in [1.54, 1.807) is 0 Å². The quantitative estimate of drug-likeness (QED) is 0.383. The molecule has 0 bridgehead atoms. The molecule has 0 amide bonds. The van der Waals surface area contributed by atoms with Crippen molar-refractivity contribution in [1.29, 1.82) is 0 Å². The second kappa shape index (κ2) is 6.56. The number of hydrogen-bond acceptors (Lipinski definition) is 2. The fraction of sp³-hybridized carbons (Fsp3) is 0. The summed E-state index contributed by atoms with van der Waals surface area (Å²) in [7, 11) is -4.67. The Morgan fingerprint density at radius 3 is 1.14 bits per heavy atom. The third kappa shape index (κ3) is 58.8. The summed E-state index contributed by atoms with van der Waals surface area (Å²) >= 11 is 0. The Labute approximate surface area is 104 Å². The molecule has 0 aromatic carbocycles. The van der Waals surface area contributed by atoms with Gasteiger partial charge in [0.1, 0.15) is 0 Å². The second-order valence-corrected chi connectivity index (χ2v) is 1.34. The van der Waals surface area contributed by atoms with Crippen molar-refractivity contribution in [3.8, 4) is 0 Å². The van der Waals surface area contributed by atoms with Crippen molar-refractivity contribution in [2.24, 2.45) is 0 Å². The van der Waals surface area contributed by atoms with Crippen LogP contribution in [0.2, 0.25) is 0 Å². The van der Waals surface area contributed by atoms with Crippen LogP contribution in [0.4, 0.5) is 0 Å². The average molecular weight is 261 g/mol. The van der Waals surface area contributed by atoms with Crippen LogP contribution in [0.15, 0.2) is 0 Å². The van der Waals surface area contributed by atoms with Gasteiger partial charge in [0, 0.05) is 0 Å². The summed E-state index contributed by atoms with van der Waals surface area (Å²) in [6, 6.07) is 0. The molecule has 0 aliphatic heterocycles. The van der Waals surface area contributed by atoms with Gasteiger partial charge >= 0.3 is 88.8 Å². The van der Waals surface area contributed by atoms with Gasteiger partial charge in [-0.1, -0.05) is 0 Å². The molecule has 0 radical (unpaired) electrons. The van der Waals surface area contributed by atoms with E-state index in [2.05, 4.69) is 0 Å². The van der Waals surface area contributed by atoms with Crippen molar-refractivity contribution >= 4 is 88.8 Å². The molecule has 0 rings (SSSR count). The predicted octanol–water partition coefficient (Wildman–Crippen LogP) is -2.22. The van der Waals surface area contributed by atoms with E-state index in [1.807, 2.05) is 0 Å². The molecular weight excluding hydrogens is 256 g/mol. The van der Waals surface area contributed by atoms with Crippen LogP contribution in [-0.2, 0) is 10.4 Å². The van der Waals surface area contributed by atoms with E-state index < -0.39 is 10.4 Å². The molecule has 0 aromatic rings. The fourth-order valence-electron chi connectivity index (χ4n) is 0. The summed E-state index contributed by atoms with van der Waals surface area (Å²) in [5, 5.41) is 0. The molecule has 0 unspecified atom stereocenters. The first-order valence-corrected chi connectivity index (χ1v) is 2.10. The summed E-state index contributed by atoms with van der Waals surface area (Å²) in [6.45, 7) is 0. The van der Waals surface area contributed by atoms with Crippen molar-refractivity contribution in [1.82, 2.24) is 0 Å². The molecule has 7 heteroatoms. The topological polar surface area (TPSA) is 74.6 Å². The van der Waals surface area contributed by atoms with E-state index >= 15 is 0 Å². The Kier molecular flexibility index (Phi) is 15.2. The molecule has 0 spiro atoms. The Morgan fingerprint density at radius 2 is 1.14 bits per heavy atom. The first-order chi connectivity index (χ1) is 2.00. The van der Waals surface area contributed by atoms with Gasteiger partial charge in [0.05, 0.1) is 0 Å². The van der Waals surface area contributed by atoms with E-state index in [0.717, 1.165) is 0 Å². The van der Waals surface area contributed by atoms with Crippen LogP contribution in [0.5, 0.6) is 0 Å². The maximum absolute atomic E-state index is 8.74. The van der Waals surface area contributed by atoms with Crippen LogP contribution in [0, 0.1) is 0 Å². The molecule has 7 heavy (non-hydrogen) atoms. The third-order valence-electron chi connectivity index (χ3n) is 0. The van der Waals surface area contributed by atoms with Crippen molar-refractivity contribution in [2.45, 2.75) is 0 Å². The molecule has 0 heterocycles. The van der Waals surface area contributed by atoms with Crippen molar-refractivity contribution in [3.05, 3.63) is 0 Å². The Morgan fingerprint density at radius 1 is 1.14 bits per heavy atom. The molecule has 38 valence electrons. The predicted molar refractivity (Wildman–Crippen MR) is 29.9 cm³/mol. The molecule has 0 aromatic heterocycles. The summed E-state index contributed by atoms with van der Waals surface area (Å²) in [5.74, 6) is 0. The van der Waals surface area contributed by atoms with Gasteiger partial charge in [-0.15, -0.1) is 0 Å². The Bertz CT molecular complexity index is 94.9. The summed E-state index contributed by atoms with van der Waals surface area (Å²) in [5.41, 5.74) is 0. The Hall–Kier alpha value is 2.44. The minimum atomic E-state index is -4.67. The Balaban J connectivity index is -0.0000000800. The van der Waals surface area contributed by atoms with Gasteiger partial charge in [0.15, 0.2) is 0 Å². The van der Waals surface area contributed by atoms with Gasteiger partial charge in [0.25, 0.3) is 0 Å². The first-order valence-electron chi connectivity index (χ1n) is 0.698. The standard InChI is InChI=1S/Ba.Na.H2O4S.3H/c;;1-5(2,3)4;;;/h;;(H2,1,2,3,4);;;. The number of hydrogen-bond donors (Lipinski definition) is 2. The van der Waals surface area contributed by atoms with Gasteiger partial charge in [-0.25, -0.2) is 0 Å². The average Bonchev–Trinajstić information content (AvgIpc) is 0.722. The molecule has 2 N–H and O–H groups in total. The molecular formula is H5BaNaO4S. The van der Waals surface area contributed by atoms with Crippen LogP contribution >= 0.6 is 0 Å². The van der Waals surface area contributed by atoms with Crippen LogP contribution in [-0.4, -0.2) is 96.0 Å². The van der Waals surface area contributed by atoms with E-state index in [0.29, 0.717) is 0 Å². The molecule has 0 fully saturated rings. The van der Waals surface area contributed by atoms with Gasteiger partial charge < -0.3 is 0 Å². The molecule has 0 aliphatic rings. The third-order valence-corrected chi connectivity index (χ3v) is 0.